The normalized spacial score (nSPS) is 18.1. The second-order valence-electron chi connectivity index (χ2n) is 6.03. The van der Waals surface area contributed by atoms with Crippen molar-refractivity contribution in [3.05, 3.63) is 59.2 Å². The fraction of sp³-hybridized carbons (Fsp3) is 0.368. The van der Waals surface area contributed by atoms with E-state index >= 15 is 0 Å². The van der Waals surface area contributed by atoms with Gasteiger partial charge in [-0.2, -0.15) is 0 Å². The van der Waals surface area contributed by atoms with Crippen molar-refractivity contribution < 1.29 is 10.2 Å². The Morgan fingerprint density at radius 1 is 1.09 bits per heavy atom. The molecule has 0 aromatic heterocycles. The first-order valence-corrected chi connectivity index (χ1v) is 8.01. The summed E-state index contributed by atoms with van der Waals surface area (Å²) in [4.78, 5) is 2.53. The van der Waals surface area contributed by atoms with E-state index < -0.39 is 0 Å². The van der Waals surface area contributed by atoms with Gasteiger partial charge in [0.05, 0.1) is 0 Å². The Hall–Kier alpha value is -2.00. The molecule has 0 unspecified atom stereocenters. The lowest BCUT2D eigenvalue weighted by atomic mass is 9.88. The molecule has 2 aromatic carbocycles. The number of phenols is 2. The highest BCUT2D eigenvalue weighted by atomic mass is 16.3. The van der Waals surface area contributed by atoms with E-state index in [2.05, 4.69) is 36.1 Å². The molecule has 0 spiro atoms. The van der Waals surface area contributed by atoms with Crippen LogP contribution in [-0.4, -0.2) is 28.2 Å². The van der Waals surface area contributed by atoms with Crippen molar-refractivity contribution in [3.8, 4) is 11.5 Å². The van der Waals surface area contributed by atoms with Crippen LogP contribution in [0.15, 0.2) is 42.5 Å². The van der Waals surface area contributed by atoms with Gasteiger partial charge in [-0.25, -0.2) is 0 Å². The molecule has 1 aliphatic heterocycles. The molecule has 0 aliphatic carbocycles. The van der Waals surface area contributed by atoms with Gasteiger partial charge >= 0.3 is 0 Å². The first-order valence-electron chi connectivity index (χ1n) is 8.01. The van der Waals surface area contributed by atoms with Crippen molar-refractivity contribution in [1.29, 1.82) is 0 Å². The summed E-state index contributed by atoms with van der Waals surface area (Å²) in [7, 11) is 0. The van der Waals surface area contributed by atoms with Crippen molar-refractivity contribution >= 4 is 0 Å². The van der Waals surface area contributed by atoms with Crippen molar-refractivity contribution in [1.82, 2.24) is 4.90 Å². The minimum absolute atomic E-state index is 0.0383. The van der Waals surface area contributed by atoms with Crippen LogP contribution in [0.4, 0.5) is 0 Å². The molecule has 2 aromatic rings. The fourth-order valence-electron chi connectivity index (χ4n) is 3.42. The molecule has 3 rings (SSSR count). The van der Waals surface area contributed by atoms with E-state index in [1.54, 1.807) is 12.1 Å². The van der Waals surface area contributed by atoms with Crippen LogP contribution < -0.4 is 0 Å². The molecule has 0 bridgehead atoms. The Morgan fingerprint density at radius 2 is 1.91 bits per heavy atom. The quantitative estimate of drug-likeness (QED) is 0.847. The van der Waals surface area contributed by atoms with Crippen LogP contribution in [-0.2, 0) is 12.8 Å². The van der Waals surface area contributed by atoms with Gasteiger partial charge in [-0.1, -0.05) is 37.3 Å². The molecule has 3 heteroatoms. The Morgan fingerprint density at radius 3 is 2.68 bits per heavy atom. The number of hydrogen-bond acceptors (Lipinski definition) is 3. The molecular weight excluding hydrogens is 274 g/mol. The summed E-state index contributed by atoms with van der Waals surface area (Å²) in [5, 5.41) is 19.2. The average Bonchev–Trinajstić information content (AvgIpc) is 2.53. The summed E-state index contributed by atoms with van der Waals surface area (Å²) in [5.74, 6) is -0.0955. The van der Waals surface area contributed by atoms with E-state index in [-0.39, 0.29) is 11.5 Å². The lowest BCUT2D eigenvalue weighted by molar-refractivity contribution is 0.184. The van der Waals surface area contributed by atoms with E-state index in [0.29, 0.717) is 6.04 Å². The molecule has 0 saturated carbocycles. The Kier molecular flexibility index (Phi) is 4.34. The van der Waals surface area contributed by atoms with Crippen molar-refractivity contribution in [2.45, 2.75) is 32.2 Å². The number of benzene rings is 2. The number of rotatable bonds is 4. The SMILES string of the molecule is CCCN1CCc2ccccc2[C@@H]1Cc1ccc(O)c(O)c1. The van der Waals surface area contributed by atoms with Crippen molar-refractivity contribution in [2.24, 2.45) is 0 Å². The minimum Gasteiger partial charge on any atom is -0.504 e. The average molecular weight is 297 g/mol. The monoisotopic (exact) mass is 297 g/mol. The van der Waals surface area contributed by atoms with Gasteiger partial charge in [0.15, 0.2) is 11.5 Å². The maximum absolute atomic E-state index is 9.73. The van der Waals surface area contributed by atoms with E-state index in [1.165, 1.54) is 11.1 Å². The van der Waals surface area contributed by atoms with Crippen LogP contribution in [0.25, 0.3) is 0 Å². The number of phenolic OH excluding ortho intramolecular Hbond substituents is 2. The highest BCUT2D eigenvalue weighted by Crippen LogP contribution is 2.34. The van der Waals surface area contributed by atoms with Crippen LogP contribution in [0.3, 0.4) is 0 Å². The largest absolute Gasteiger partial charge is 0.504 e. The zero-order valence-corrected chi connectivity index (χ0v) is 13.0. The van der Waals surface area contributed by atoms with Gasteiger partial charge in [-0.15, -0.1) is 0 Å². The number of hydrogen-bond donors (Lipinski definition) is 2. The van der Waals surface area contributed by atoms with Crippen molar-refractivity contribution in [2.75, 3.05) is 13.1 Å². The standard InChI is InChI=1S/C19H23NO2/c1-2-10-20-11-9-15-5-3-4-6-16(15)17(20)12-14-7-8-18(21)19(22)13-14/h3-8,13,17,21-22H,2,9-12H2,1H3/t17-/m0/s1. The van der Waals surface area contributed by atoms with E-state index in [1.807, 2.05) is 6.07 Å². The van der Waals surface area contributed by atoms with Crippen LogP contribution >= 0.6 is 0 Å². The molecule has 1 aliphatic rings. The summed E-state index contributed by atoms with van der Waals surface area (Å²) < 4.78 is 0. The summed E-state index contributed by atoms with van der Waals surface area (Å²) in [6, 6.07) is 14.2. The third-order valence-electron chi connectivity index (χ3n) is 4.50. The molecule has 3 nitrogen and oxygen atoms in total. The Balaban J connectivity index is 1.91. The van der Waals surface area contributed by atoms with Gasteiger partial charge in [0.25, 0.3) is 0 Å². The van der Waals surface area contributed by atoms with Crippen molar-refractivity contribution in [3.63, 3.8) is 0 Å². The maximum atomic E-state index is 9.73. The highest BCUT2D eigenvalue weighted by Gasteiger charge is 2.26. The number of nitrogens with zero attached hydrogens (tertiary/aromatic N) is 1. The summed E-state index contributed by atoms with van der Waals surface area (Å²) in [6.07, 6.45) is 3.10. The van der Waals surface area contributed by atoms with Gasteiger partial charge < -0.3 is 10.2 Å². The number of aromatic hydroxyl groups is 2. The first-order chi connectivity index (χ1) is 10.7. The predicted molar refractivity (Wildman–Crippen MR) is 88.2 cm³/mol. The van der Waals surface area contributed by atoms with E-state index in [4.69, 9.17) is 0 Å². The molecule has 2 N–H and O–H groups in total. The second-order valence-corrected chi connectivity index (χ2v) is 6.03. The van der Waals surface area contributed by atoms with Crippen LogP contribution in [0.5, 0.6) is 11.5 Å². The lowest BCUT2D eigenvalue weighted by Crippen LogP contribution is -2.37. The highest BCUT2D eigenvalue weighted by molar-refractivity contribution is 5.42. The zero-order chi connectivity index (χ0) is 15.5. The summed E-state index contributed by atoms with van der Waals surface area (Å²) in [5.41, 5.74) is 3.88. The van der Waals surface area contributed by atoms with Gasteiger partial charge in [0, 0.05) is 12.6 Å². The van der Waals surface area contributed by atoms with Gasteiger partial charge in [-0.05, 0) is 54.6 Å². The molecule has 116 valence electrons. The second kappa shape index (κ2) is 6.41. The minimum atomic E-state index is -0.0572. The molecule has 0 fully saturated rings. The zero-order valence-electron chi connectivity index (χ0n) is 13.0. The molecule has 0 radical (unpaired) electrons. The molecule has 22 heavy (non-hydrogen) atoms. The molecule has 0 amide bonds. The third kappa shape index (κ3) is 2.95. The Bertz CT molecular complexity index is 654. The van der Waals surface area contributed by atoms with Crippen LogP contribution in [0.1, 0.15) is 36.1 Å². The lowest BCUT2D eigenvalue weighted by Gasteiger charge is -2.37. The van der Waals surface area contributed by atoms with Gasteiger partial charge in [0.2, 0.25) is 0 Å². The molecule has 1 atom stereocenters. The maximum Gasteiger partial charge on any atom is 0.157 e. The van der Waals surface area contributed by atoms with E-state index in [9.17, 15) is 10.2 Å². The fourth-order valence-corrected chi connectivity index (χ4v) is 3.42. The molecule has 0 saturated heterocycles. The first kappa shape index (κ1) is 14.9. The van der Waals surface area contributed by atoms with Gasteiger partial charge in [0.1, 0.15) is 0 Å². The van der Waals surface area contributed by atoms with E-state index in [0.717, 1.165) is 37.9 Å². The summed E-state index contributed by atoms with van der Waals surface area (Å²) >= 11 is 0. The van der Waals surface area contributed by atoms with Gasteiger partial charge in [-0.3, -0.25) is 4.90 Å². The third-order valence-corrected chi connectivity index (χ3v) is 4.50. The number of fused-ring (bicyclic) bond motifs is 1. The summed E-state index contributed by atoms with van der Waals surface area (Å²) in [6.45, 7) is 4.38. The van der Waals surface area contributed by atoms with Crippen LogP contribution in [0, 0.1) is 0 Å². The molecule has 1 heterocycles. The molecular formula is C19H23NO2. The van der Waals surface area contributed by atoms with Crippen LogP contribution in [0.2, 0.25) is 0 Å². The Labute approximate surface area is 131 Å². The predicted octanol–water partition coefficient (Wildman–Crippen LogP) is 3.65. The topological polar surface area (TPSA) is 43.7 Å². The smallest absolute Gasteiger partial charge is 0.157 e.